The standard InChI is InChI=1S/C8H7S/c1-2-4-8-6-9-5-7(8)3-1/h1,3-4H,5-6H2. The molecule has 1 heterocycles. The Morgan fingerprint density at radius 1 is 1.33 bits per heavy atom. The van der Waals surface area contributed by atoms with E-state index in [9.17, 15) is 0 Å². The predicted octanol–water partition coefficient (Wildman–Crippen LogP) is 2.23. The summed E-state index contributed by atoms with van der Waals surface area (Å²) in [5, 5.41) is 0. The molecule has 1 heteroatoms. The lowest BCUT2D eigenvalue weighted by Crippen LogP contribution is -1.77. The van der Waals surface area contributed by atoms with Crippen LogP contribution >= 0.6 is 11.8 Å². The van der Waals surface area contributed by atoms with Crippen LogP contribution < -0.4 is 0 Å². The molecule has 1 aliphatic rings. The van der Waals surface area contributed by atoms with E-state index < -0.39 is 0 Å². The van der Waals surface area contributed by atoms with E-state index >= 15 is 0 Å². The normalized spacial score (nSPS) is 15.6. The van der Waals surface area contributed by atoms with Gasteiger partial charge in [-0.1, -0.05) is 18.2 Å². The lowest BCUT2D eigenvalue weighted by molar-refractivity contribution is 1.35. The molecule has 0 spiro atoms. The molecule has 0 aliphatic carbocycles. The maximum atomic E-state index is 3.08. The fourth-order valence-electron chi connectivity index (χ4n) is 1.04. The average molecular weight is 135 g/mol. The predicted molar refractivity (Wildman–Crippen MR) is 40.3 cm³/mol. The molecule has 0 fully saturated rings. The summed E-state index contributed by atoms with van der Waals surface area (Å²) in [5.41, 5.74) is 2.97. The van der Waals surface area contributed by atoms with Crippen LogP contribution in [0.25, 0.3) is 0 Å². The van der Waals surface area contributed by atoms with Crippen LogP contribution in [0.1, 0.15) is 11.1 Å². The molecule has 2 rings (SSSR count). The van der Waals surface area contributed by atoms with Crippen molar-refractivity contribution < 1.29 is 0 Å². The lowest BCUT2D eigenvalue weighted by atomic mass is 10.1. The second-order valence-electron chi connectivity index (χ2n) is 2.19. The molecular formula is C8H7S. The van der Waals surface area contributed by atoms with Crippen LogP contribution in [0.2, 0.25) is 0 Å². The van der Waals surface area contributed by atoms with Crippen LogP contribution in [0.5, 0.6) is 0 Å². The van der Waals surface area contributed by atoms with E-state index in [0.717, 1.165) is 0 Å². The molecule has 0 nitrogen and oxygen atoms in total. The van der Waals surface area contributed by atoms with Crippen molar-refractivity contribution in [2.24, 2.45) is 0 Å². The molecule has 0 saturated heterocycles. The van der Waals surface area contributed by atoms with Crippen molar-refractivity contribution >= 4 is 11.8 Å². The number of thioether (sulfide) groups is 1. The summed E-state index contributed by atoms with van der Waals surface area (Å²) in [6.07, 6.45) is 0. The van der Waals surface area contributed by atoms with E-state index in [0.29, 0.717) is 0 Å². The van der Waals surface area contributed by atoms with Gasteiger partial charge in [0.05, 0.1) is 0 Å². The zero-order chi connectivity index (χ0) is 6.10. The summed E-state index contributed by atoms with van der Waals surface area (Å²) in [4.78, 5) is 0. The molecule has 9 heavy (non-hydrogen) atoms. The molecular weight excluding hydrogens is 128 g/mol. The van der Waals surface area contributed by atoms with E-state index in [2.05, 4.69) is 18.2 Å². The molecule has 1 aromatic carbocycles. The summed E-state index contributed by atoms with van der Waals surface area (Å²) in [5.74, 6) is 2.39. The van der Waals surface area contributed by atoms with Crippen molar-refractivity contribution in [2.75, 3.05) is 0 Å². The minimum absolute atomic E-state index is 1.19. The fraction of sp³-hybridized carbons (Fsp3) is 0.250. The van der Waals surface area contributed by atoms with Gasteiger partial charge in [0, 0.05) is 11.5 Å². The molecule has 0 atom stereocenters. The molecule has 0 bridgehead atoms. The van der Waals surface area contributed by atoms with Gasteiger partial charge in [0.25, 0.3) is 0 Å². The van der Waals surface area contributed by atoms with Crippen LogP contribution in [0.4, 0.5) is 0 Å². The number of rotatable bonds is 0. The van der Waals surface area contributed by atoms with Gasteiger partial charge in [-0.15, -0.1) is 0 Å². The van der Waals surface area contributed by atoms with Gasteiger partial charge < -0.3 is 0 Å². The minimum atomic E-state index is 1.19. The van der Waals surface area contributed by atoms with Gasteiger partial charge in [-0.05, 0) is 17.2 Å². The maximum Gasteiger partial charge on any atom is 0.0191 e. The maximum absolute atomic E-state index is 3.08. The van der Waals surface area contributed by atoms with E-state index in [1.165, 1.54) is 22.6 Å². The van der Waals surface area contributed by atoms with Crippen molar-refractivity contribution in [1.29, 1.82) is 0 Å². The molecule has 0 unspecified atom stereocenters. The van der Waals surface area contributed by atoms with Crippen molar-refractivity contribution in [2.45, 2.75) is 11.5 Å². The topological polar surface area (TPSA) is 0 Å². The molecule has 1 aromatic rings. The first-order valence-corrected chi connectivity index (χ1v) is 4.18. The Balaban J connectivity index is 2.54. The first-order chi connectivity index (χ1) is 4.47. The third-order valence-electron chi connectivity index (χ3n) is 1.57. The Kier molecular flexibility index (Phi) is 1.23. The van der Waals surface area contributed by atoms with Crippen LogP contribution in [0.15, 0.2) is 18.2 Å². The summed E-state index contributed by atoms with van der Waals surface area (Å²) in [7, 11) is 0. The fourth-order valence-corrected chi connectivity index (χ4v) is 2.14. The Bertz CT molecular complexity index is 195. The first kappa shape index (κ1) is 5.36. The van der Waals surface area contributed by atoms with Gasteiger partial charge in [0.2, 0.25) is 0 Å². The first-order valence-electron chi connectivity index (χ1n) is 3.02. The highest BCUT2D eigenvalue weighted by Gasteiger charge is 2.07. The largest absolute Gasteiger partial charge is 0.152 e. The second kappa shape index (κ2) is 2.07. The van der Waals surface area contributed by atoms with Gasteiger partial charge in [0.1, 0.15) is 0 Å². The second-order valence-corrected chi connectivity index (χ2v) is 3.17. The monoisotopic (exact) mass is 135 g/mol. The van der Waals surface area contributed by atoms with Crippen molar-refractivity contribution in [3.8, 4) is 0 Å². The molecule has 1 aliphatic heterocycles. The smallest absolute Gasteiger partial charge is 0.0191 e. The molecule has 1 radical (unpaired) electrons. The number of fused-ring (bicyclic) bond motifs is 1. The van der Waals surface area contributed by atoms with Crippen molar-refractivity contribution in [1.82, 2.24) is 0 Å². The molecule has 0 amide bonds. The van der Waals surface area contributed by atoms with Crippen LogP contribution in [-0.4, -0.2) is 0 Å². The van der Waals surface area contributed by atoms with E-state index in [4.69, 9.17) is 0 Å². The average Bonchev–Trinajstić information content (AvgIpc) is 2.33. The Morgan fingerprint density at radius 3 is 3.11 bits per heavy atom. The highest BCUT2D eigenvalue weighted by molar-refractivity contribution is 7.98. The van der Waals surface area contributed by atoms with Crippen LogP contribution in [0, 0.1) is 6.07 Å². The van der Waals surface area contributed by atoms with E-state index in [1.807, 2.05) is 17.8 Å². The zero-order valence-electron chi connectivity index (χ0n) is 5.05. The van der Waals surface area contributed by atoms with Crippen LogP contribution in [0.3, 0.4) is 0 Å². The highest BCUT2D eigenvalue weighted by atomic mass is 32.2. The van der Waals surface area contributed by atoms with E-state index in [1.54, 1.807) is 0 Å². The molecule has 0 saturated carbocycles. The van der Waals surface area contributed by atoms with Gasteiger partial charge in [0.15, 0.2) is 0 Å². The Hall–Kier alpha value is -0.430. The number of hydrogen-bond acceptors (Lipinski definition) is 1. The molecule has 0 aromatic heterocycles. The minimum Gasteiger partial charge on any atom is -0.152 e. The lowest BCUT2D eigenvalue weighted by Gasteiger charge is -1.91. The SMILES string of the molecule is [c]1ccc2c(c1)CSC2. The molecule has 0 N–H and O–H groups in total. The third kappa shape index (κ3) is 0.855. The zero-order valence-corrected chi connectivity index (χ0v) is 5.87. The number of benzene rings is 1. The number of hydrogen-bond donors (Lipinski definition) is 0. The quantitative estimate of drug-likeness (QED) is 0.525. The van der Waals surface area contributed by atoms with Crippen molar-refractivity contribution in [3.63, 3.8) is 0 Å². The Morgan fingerprint density at radius 2 is 2.22 bits per heavy atom. The van der Waals surface area contributed by atoms with Gasteiger partial charge in [-0.2, -0.15) is 11.8 Å². The summed E-state index contributed by atoms with van der Waals surface area (Å²) in [6.45, 7) is 0. The van der Waals surface area contributed by atoms with E-state index in [-0.39, 0.29) is 0 Å². The summed E-state index contributed by atoms with van der Waals surface area (Å²) < 4.78 is 0. The third-order valence-corrected chi connectivity index (χ3v) is 2.60. The summed E-state index contributed by atoms with van der Waals surface area (Å²) >= 11 is 1.98. The highest BCUT2D eigenvalue weighted by Crippen LogP contribution is 2.28. The van der Waals surface area contributed by atoms with Gasteiger partial charge in [-0.25, -0.2) is 0 Å². The van der Waals surface area contributed by atoms with Crippen LogP contribution in [-0.2, 0) is 11.5 Å². The van der Waals surface area contributed by atoms with Gasteiger partial charge in [-0.3, -0.25) is 0 Å². The molecule has 45 valence electrons. The van der Waals surface area contributed by atoms with Gasteiger partial charge >= 0.3 is 0 Å². The van der Waals surface area contributed by atoms with Crippen molar-refractivity contribution in [3.05, 3.63) is 35.4 Å². The Labute approximate surface area is 59.3 Å². The summed E-state index contributed by atoms with van der Waals surface area (Å²) in [6, 6.07) is 9.32.